The first kappa shape index (κ1) is 48.8. The average Bonchev–Trinajstić information content (AvgIpc) is 3.85. The third-order valence-corrected chi connectivity index (χ3v) is 13.4. The molecule has 0 heterocycles. The minimum atomic E-state index is -0.826. The molecule has 318 valence electrons. The molecular weight excluding hydrogens is 863 g/mol. The fourth-order valence-corrected chi connectivity index (χ4v) is 10.00. The first-order valence-electron chi connectivity index (χ1n) is 23.3. The van der Waals surface area contributed by atoms with Crippen molar-refractivity contribution in [2.75, 3.05) is 0 Å². The Morgan fingerprint density at radius 2 is 0.833 bits per heavy atom. The molecule has 2 saturated carbocycles. The van der Waals surface area contributed by atoms with Crippen LogP contribution in [0.2, 0.25) is 13.1 Å². The van der Waals surface area contributed by atoms with Crippen molar-refractivity contribution in [2.24, 2.45) is 10.8 Å². The van der Waals surface area contributed by atoms with Crippen LogP contribution in [0.4, 0.5) is 0 Å². The van der Waals surface area contributed by atoms with Crippen molar-refractivity contribution in [3.8, 4) is 22.3 Å². The topological polar surface area (TPSA) is 0 Å². The summed E-state index contributed by atoms with van der Waals surface area (Å²) in [6, 6.07) is 41.6. The molecule has 0 aromatic heterocycles. The molecular formula is C56H72Cl2SiZr. The predicted molar refractivity (Wildman–Crippen MR) is 266 cm³/mol. The summed E-state index contributed by atoms with van der Waals surface area (Å²) in [6.07, 6.45) is 24.4. The van der Waals surface area contributed by atoms with E-state index in [1.165, 1.54) is 169 Å². The molecule has 0 amide bonds. The molecule has 0 bridgehead atoms. The molecule has 0 saturated heterocycles. The number of hydrogen-bond donors (Lipinski definition) is 0. The van der Waals surface area contributed by atoms with E-state index in [-0.39, 0.29) is 0 Å². The minimum absolute atomic E-state index is 0.480. The van der Waals surface area contributed by atoms with Gasteiger partial charge < -0.3 is 0 Å². The van der Waals surface area contributed by atoms with Crippen LogP contribution >= 0.6 is 17.0 Å². The number of fused-ring (bicyclic) bond motifs is 2. The van der Waals surface area contributed by atoms with E-state index >= 15 is 0 Å². The molecule has 60 heavy (non-hydrogen) atoms. The number of hydrogen-bond acceptors (Lipinski definition) is 0. The Hall–Kier alpha value is -2.22. The van der Waals surface area contributed by atoms with E-state index in [0.29, 0.717) is 10.8 Å². The first-order chi connectivity index (χ1) is 29.2. The van der Waals surface area contributed by atoms with Gasteiger partial charge in [-0.1, -0.05) is 177 Å². The zero-order valence-corrected chi connectivity index (χ0v) is 42.8. The van der Waals surface area contributed by atoms with Gasteiger partial charge in [0.05, 0.1) is 0 Å². The van der Waals surface area contributed by atoms with Crippen LogP contribution in [0, 0.1) is 10.8 Å². The van der Waals surface area contributed by atoms with Gasteiger partial charge in [0.15, 0.2) is 0 Å². The van der Waals surface area contributed by atoms with Crippen molar-refractivity contribution in [1.82, 2.24) is 0 Å². The van der Waals surface area contributed by atoms with Crippen LogP contribution in [0.25, 0.3) is 43.8 Å². The van der Waals surface area contributed by atoms with Crippen molar-refractivity contribution in [3.63, 3.8) is 0 Å². The van der Waals surface area contributed by atoms with Gasteiger partial charge >= 0.3 is 37.9 Å². The van der Waals surface area contributed by atoms with Crippen LogP contribution in [-0.4, -0.2) is 9.52 Å². The Morgan fingerprint density at radius 1 is 0.517 bits per heavy atom. The number of rotatable bonds is 8. The molecule has 2 aliphatic carbocycles. The van der Waals surface area contributed by atoms with Crippen molar-refractivity contribution in [2.45, 2.75) is 156 Å². The normalized spacial score (nSPS) is 16.3. The molecule has 0 unspecified atom stereocenters. The fourth-order valence-electron chi connectivity index (χ4n) is 10.00. The molecule has 8 rings (SSSR count). The Bertz CT molecular complexity index is 1950. The summed E-state index contributed by atoms with van der Waals surface area (Å²) < 4.78 is 0. The summed E-state index contributed by atoms with van der Waals surface area (Å²) in [5, 5.41) is 5.64. The van der Waals surface area contributed by atoms with Crippen LogP contribution in [0.5, 0.6) is 0 Å². The molecule has 2 radical (unpaired) electrons. The quantitative estimate of drug-likeness (QED) is 0.105. The number of benzene rings is 4. The van der Waals surface area contributed by atoms with Crippen LogP contribution in [0.15, 0.2) is 109 Å². The van der Waals surface area contributed by atoms with Gasteiger partial charge in [-0.2, -0.15) is 12.1 Å². The monoisotopic (exact) mass is 932 g/mol. The van der Waals surface area contributed by atoms with Gasteiger partial charge in [-0.05, 0) is 84.5 Å². The van der Waals surface area contributed by atoms with Crippen molar-refractivity contribution in [1.29, 1.82) is 0 Å². The van der Waals surface area contributed by atoms with Gasteiger partial charge in [0.1, 0.15) is 0 Å². The summed E-state index contributed by atoms with van der Waals surface area (Å²) in [7, 11) is 11.0. The van der Waals surface area contributed by atoms with E-state index in [4.69, 9.17) is 17.0 Å². The van der Waals surface area contributed by atoms with Crippen molar-refractivity contribution < 1.29 is 20.8 Å². The number of halogens is 2. The van der Waals surface area contributed by atoms with E-state index in [2.05, 4.69) is 150 Å². The van der Waals surface area contributed by atoms with E-state index < -0.39 is 20.8 Å². The summed E-state index contributed by atoms with van der Waals surface area (Å²) >= 11 is -0.826. The van der Waals surface area contributed by atoms with Crippen molar-refractivity contribution >= 4 is 48.1 Å². The maximum atomic E-state index is 4.93. The predicted octanol–water partition coefficient (Wildman–Crippen LogP) is 18.3. The second-order valence-corrected chi connectivity index (χ2v) is 23.3. The van der Waals surface area contributed by atoms with Crippen LogP contribution in [-0.2, 0) is 46.5 Å². The van der Waals surface area contributed by atoms with Crippen LogP contribution in [0.1, 0.15) is 140 Å². The maximum absolute atomic E-state index is 4.93. The molecule has 0 atom stereocenters. The van der Waals surface area contributed by atoms with Crippen LogP contribution < -0.4 is 0 Å². The zero-order chi connectivity index (χ0) is 42.8. The summed E-state index contributed by atoms with van der Waals surface area (Å²) in [5.41, 5.74) is 12.3. The molecule has 2 fully saturated rings. The van der Waals surface area contributed by atoms with Gasteiger partial charge in [0.2, 0.25) is 0 Å². The summed E-state index contributed by atoms with van der Waals surface area (Å²) in [4.78, 5) is 0. The molecule has 0 N–H and O–H groups in total. The second kappa shape index (κ2) is 25.2. The molecule has 0 nitrogen and oxygen atoms in total. The number of aryl methyl sites for hydroxylation is 2. The summed E-state index contributed by atoms with van der Waals surface area (Å²) in [5.74, 6) is 0. The van der Waals surface area contributed by atoms with E-state index in [0.717, 1.165) is 22.4 Å². The average molecular weight is 935 g/mol. The van der Waals surface area contributed by atoms with Gasteiger partial charge in [-0.15, -0.1) is 69.1 Å². The molecule has 6 aromatic carbocycles. The SMILES string of the molecule is CCc1ccc(-c2cccc3[cH-]c(CC4(C)CCCCCCC4)cc23)cc1.CCc1ccc(-c2cccc3[cH-]c(CC4(C)CCCCCCC4)cc23)cc1.C[Si]C.[Cl][Zr+2][Cl]. The van der Waals surface area contributed by atoms with Crippen LogP contribution in [0.3, 0.4) is 0 Å². The van der Waals surface area contributed by atoms with Gasteiger partial charge in [-0.3, -0.25) is 0 Å². The molecule has 4 heteroatoms. The van der Waals surface area contributed by atoms with E-state index in [1.807, 2.05) is 0 Å². The van der Waals surface area contributed by atoms with Gasteiger partial charge in [-0.25, -0.2) is 0 Å². The third kappa shape index (κ3) is 14.4. The Kier molecular flexibility index (Phi) is 20.5. The summed E-state index contributed by atoms with van der Waals surface area (Å²) in [6.45, 7) is 13.8. The Labute approximate surface area is 386 Å². The standard InChI is InChI=1S/2C27H33.C2H6Si.2ClH.Zr/c2*1-3-21-12-14-23(15-13-21)25-11-9-10-24-18-22(19-26(24)25)20-27(2)16-7-5-4-6-8-17-27;1-3-2;;;/h2*9-15,18-19H,3-8,16-17,20H2,1-2H3;1-2H3;2*1H;/q2*-1;;;;+4/p-2. The van der Waals surface area contributed by atoms with Gasteiger partial charge in [0.25, 0.3) is 0 Å². The molecule has 0 aliphatic heterocycles. The Morgan fingerprint density at radius 3 is 1.15 bits per heavy atom. The molecule has 2 aliphatic rings. The zero-order valence-electron chi connectivity index (χ0n) is 37.9. The first-order valence-corrected chi connectivity index (χ1v) is 31.6. The Balaban J connectivity index is 0.000000201. The van der Waals surface area contributed by atoms with E-state index in [1.54, 1.807) is 0 Å². The molecule has 0 spiro atoms. The molecule has 6 aromatic rings. The van der Waals surface area contributed by atoms with E-state index in [9.17, 15) is 0 Å². The van der Waals surface area contributed by atoms with Crippen molar-refractivity contribution in [3.05, 3.63) is 131 Å². The fraction of sp³-hybridized carbons (Fsp3) is 0.464. The third-order valence-electron chi connectivity index (χ3n) is 13.4. The van der Waals surface area contributed by atoms with Gasteiger partial charge in [0, 0.05) is 9.52 Å². The second-order valence-electron chi connectivity index (χ2n) is 18.5.